The average Bonchev–Trinajstić information content (AvgIpc) is 2.00. The molecular formula is C7H6F3NO. The first-order valence-electron chi connectivity index (χ1n) is 3.16. The molecule has 1 heterocycles. The van der Waals surface area contributed by atoms with Crippen molar-refractivity contribution in [2.75, 3.05) is 0 Å². The standard InChI is InChI=1S/C7H6F3NO/c1-3-4(6(8)9)2-11-7(10)5(3)12/h2,6,12H,1H3. The van der Waals surface area contributed by atoms with Gasteiger partial charge in [-0.25, -0.2) is 13.8 Å². The van der Waals surface area contributed by atoms with Gasteiger partial charge in [0, 0.05) is 17.3 Å². The van der Waals surface area contributed by atoms with E-state index in [4.69, 9.17) is 5.11 Å². The summed E-state index contributed by atoms with van der Waals surface area (Å²) in [6.07, 6.45) is -2.03. The summed E-state index contributed by atoms with van der Waals surface area (Å²) in [5.74, 6) is -1.94. The summed E-state index contributed by atoms with van der Waals surface area (Å²) < 4.78 is 36.5. The summed E-state index contributed by atoms with van der Waals surface area (Å²) in [4.78, 5) is 2.96. The van der Waals surface area contributed by atoms with Crippen LogP contribution >= 0.6 is 0 Å². The molecule has 1 aromatic rings. The second kappa shape index (κ2) is 3.00. The summed E-state index contributed by atoms with van der Waals surface area (Å²) >= 11 is 0. The molecule has 0 unspecified atom stereocenters. The first-order valence-corrected chi connectivity index (χ1v) is 3.16. The first-order chi connectivity index (χ1) is 5.54. The van der Waals surface area contributed by atoms with Gasteiger partial charge in [0.05, 0.1) is 0 Å². The van der Waals surface area contributed by atoms with Crippen LogP contribution in [0.15, 0.2) is 6.20 Å². The predicted octanol–water partition coefficient (Wildman–Crippen LogP) is 2.17. The van der Waals surface area contributed by atoms with Gasteiger partial charge in [-0.05, 0) is 6.92 Å². The van der Waals surface area contributed by atoms with E-state index in [-0.39, 0.29) is 5.56 Å². The largest absolute Gasteiger partial charge is 0.503 e. The van der Waals surface area contributed by atoms with Crippen molar-refractivity contribution in [3.8, 4) is 5.75 Å². The van der Waals surface area contributed by atoms with E-state index >= 15 is 0 Å². The lowest BCUT2D eigenvalue weighted by Gasteiger charge is -2.05. The Morgan fingerprint density at radius 1 is 1.50 bits per heavy atom. The molecule has 0 saturated heterocycles. The van der Waals surface area contributed by atoms with E-state index < -0.39 is 23.7 Å². The highest BCUT2D eigenvalue weighted by Crippen LogP contribution is 2.28. The lowest BCUT2D eigenvalue weighted by Crippen LogP contribution is -1.95. The van der Waals surface area contributed by atoms with Crippen LogP contribution in [0.25, 0.3) is 0 Å². The molecule has 0 radical (unpaired) electrons. The van der Waals surface area contributed by atoms with Crippen molar-refractivity contribution in [1.29, 1.82) is 0 Å². The Morgan fingerprint density at radius 2 is 2.08 bits per heavy atom. The van der Waals surface area contributed by atoms with Crippen molar-refractivity contribution in [2.45, 2.75) is 13.3 Å². The van der Waals surface area contributed by atoms with E-state index in [1.165, 1.54) is 6.92 Å². The van der Waals surface area contributed by atoms with Crippen LogP contribution in [0.3, 0.4) is 0 Å². The number of rotatable bonds is 1. The van der Waals surface area contributed by atoms with Crippen LogP contribution in [0.4, 0.5) is 13.2 Å². The predicted molar refractivity (Wildman–Crippen MR) is 35.6 cm³/mol. The van der Waals surface area contributed by atoms with E-state index in [9.17, 15) is 13.2 Å². The van der Waals surface area contributed by atoms with Crippen LogP contribution in [-0.2, 0) is 0 Å². The number of nitrogens with zero attached hydrogens (tertiary/aromatic N) is 1. The zero-order chi connectivity index (χ0) is 9.30. The fraction of sp³-hybridized carbons (Fsp3) is 0.286. The number of aromatic hydroxyl groups is 1. The highest BCUT2D eigenvalue weighted by Gasteiger charge is 2.16. The second-order valence-electron chi connectivity index (χ2n) is 2.28. The molecule has 12 heavy (non-hydrogen) atoms. The van der Waals surface area contributed by atoms with Gasteiger partial charge in [0.15, 0.2) is 5.75 Å². The van der Waals surface area contributed by atoms with Crippen LogP contribution in [0.1, 0.15) is 17.6 Å². The molecule has 0 aliphatic rings. The molecule has 0 spiro atoms. The molecular weight excluding hydrogens is 171 g/mol. The van der Waals surface area contributed by atoms with Gasteiger partial charge in [-0.15, -0.1) is 0 Å². The lowest BCUT2D eigenvalue weighted by molar-refractivity contribution is 0.149. The average molecular weight is 177 g/mol. The summed E-state index contributed by atoms with van der Waals surface area (Å²) in [5, 5.41) is 8.87. The smallest absolute Gasteiger partial charge is 0.265 e. The van der Waals surface area contributed by atoms with Crippen molar-refractivity contribution >= 4 is 0 Å². The van der Waals surface area contributed by atoms with Crippen LogP contribution in [0.5, 0.6) is 5.75 Å². The van der Waals surface area contributed by atoms with Gasteiger partial charge >= 0.3 is 0 Å². The molecule has 1 aromatic heterocycles. The summed E-state index contributed by atoms with van der Waals surface area (Å²) in [6, 6.07) is 0. The maximum absolute atomic E-state index is 12.4. The number of halogens is 3. The van der Waals surface area contributed by atoms with Gasteiger partial charge in [0.1, 0.15) is 0 Å². The van der Waals surface area contributed by atoms with Gasteiger partial charge in [-0.3, -0.25) is 0 Å². The number of hydrogen-bond acceptors (Lipinski definition) is 2. The van der Waals surface area contributed by atoms with Gasteiger partial charge in [0.2, 0.25) is 0 Å². The minimum Gasteiger partial charge on any atom is -0.503 e. The molecule has 0 saturated carbocycles. The molecule has 1 N–H and O–H groups in total. The quantitative estimate of drug-likeness (QED) is 0.667. The Morgan fingerprint density at radius 3 is 2.58 bits per heavy atom. The van der Waals surface area contributed by atoms with Crippen molar-refractivity contribution in [1.82, 2.24) is 4.98 Å². The molecule has 66 valence electrons. The Labute approximate surface area is 66.7 Å². The molecule has 0 amide bonds. The molecule has 0 bridgehead atoms. The summed E-state index contributed by atoms with van der Waals surface area (Å²) in [7, 11) is 0. The molecule has 0 aliphatic carbocycles. The van der Waals surface area contributed by atoms with Crippen LogP contribution < -0.4 is 0 Å². The van der Waals surface area contributed by atoms with E-state index in [0.29, 0.717) is 0 Å². The summed E-state index contributed by atoms with van der Waals surface area (Å²) in [5.41, 5.74) is -0.619. The zero-order valence-electron chi connectivity index (χ0n) is 6.18. The molecule has 0 aromatic carbocycles. The second-order valence-corrected chi connectivity index (χ2v) is 2.28. The van der Waals surface area contributed by atoms with Crippen LogP contribution in [0.2, 0.25) is 0 Å². The van der Waals surface area contributed by atoms with Crippen molar-refractivity contribution < 1.29 is 18.3 Å². The van der Waals surface area contributed by atoms with E-state index in [0.717, 1.165) is 6.20 Å². The Hall–Kier alpha value is -1.26. The molecule has 1 rings (SSSR count). The molecule has 0 atom stereocenters. The number of pyridine rings is 1. The maximum atomic E-state index is 12.4. The van der Waals surface area contributed by atoms with Gasteiger partial charge < -0.3 is 5.11 Å². The molecule has 2 nitrogen and oxygen atoms in total. The Balaban J connectivity index is 3.27. The topological polar surface area (TPSA) is 33.1 Å². The minimum atomic E-state index is -2.75. The van der Waals surface area contributed by atoms with Gasteiger partial charge in [-0.2, -0.15) is 4.39 Å². The first kappa shape index (κ1) is 8.83. The highest BCUT2D eigenvalue weighted by molar-refractivity contribution is 5.36. The Kier molecular flexibility index (Phi) is 2.21. The third-order valence-corrected chi connectivity index (χ3v) is 1.54. The fourth-order valence-electron chi connectivity index (χ4n) is 0.796. The van der Waals surface area contributed by atoms with Gasteiger partial charge in [-0.1, -0.05) is 0 Å². The molecule has 0 fully saturated rings. The van der Waals surface area contributed by atoms with Crippen LogP contribution in [-0.4, -0.2) is 10.1 Å². The maximum Gasteiger partial charge on any atom is 0.265 e. The van der Waals surface area contributed by atoms with Crippen molar-refractivity contribution in [2.24, 2.45) is 0 Å². The third kappa shape index (κ3) is 1.34. The number of hydrogen-bond donors (Lipinski definition) is 1. The molecule has 5 heteroatoms. The van der Waals surface area contributed by atoms with Crippen LogP contribution in [0, 0.1) is 12.9 Å². The zero-order valence-corrected chi connectivity index (χ0v) is 6.18. The lowest BCUT2D eigenvalue weighted by atomic mass is 10.1. The molecule has 0 aliphatic heterocycles. The number of aromatic nitrogens is 1. The van der Waals surface area contributed by atoms with Crippen molar-refractivity contribution in [3.63, 3.8) is 0 Å². The van der Waals surface area contributed by atoms with Crippen molar-refractivity contribution in [3.05, 3.63) is 23.3 Å². The SMILES string of the molecule is Cc1c(C(F)F)cnc(F)c1O. The normalized spacial score (nSPS) is 10.8. The van der Waals surface area contributed by atoms with E-state index in [1.807, 2.05) is 0 Å². The highest BCUT2D eigenvalue weighted by atomic mass is 19.3. The van der Waals surface area contributed by atoms with Gasteiger partial charge in [0.25, 0.3) is 12.4 Å². The minimum absolute atomic E-state index is 0.169. The summed E-state index contributed by atoms with van der Waals surface area (Å²) in [6.45, 7) is 1.21. The number of alkyl halides is 2. The fourth-order valence-corrected chi connectivity index (χ4v) is 0.796. The third-order valence-electron chi connectivity index (χ3n) is 1.54. The van der Waals surface area contributed by atoms with E-state index in [1.54, 1.807) is 0 Å². The Bertz CT molecular complexity index is 301. The monoisotopic (exact) mass is 177 g/mol. The van der Waals surface area contributed by atoms with E-state index in [2.05, 4.69) is 4.98 Å².